The average molecular weight is 299 g/mol. The summed E-state index contributed by atoms with van der Waals surface area (Å²) in [6.45, 7) is 3.50. The maximum absolute atomic E-state index is 13.5. The number of hydrogen-bond acceptors (Lipinski definition) is 6. The largest absolute Gasteiger partial charge is 0.461 e. The van der Waals surface area contributed by atoms with E-state index in [-0.39, 0.29) is 29.7 Å². The Morgan fingerprint density at radius 3 is 2.38 bits per heavy atom. The van der Waals surface area contributed by atoms with E-state index in [2.05, 4.69) is 20.3 Å². The molecule has 0 bridgehead atoms. The highest BCUT2D eigenvalue weighted by Crippen LogP contribution is 2.22. The van der Waals surface area contributed by atoms with Crippen molar-refractivity contribution in [2.75, 3.05) is 11.1 Å². The van der Waals surface area contributed by atoms with Crippen LogP contribution < -0.4 is 15.8 Å². The van der Waals surface area contributed by atoms with Gasteiger partial charge in [0.1, 0.15) is 5.82 Å². The number of ether oxygens (including phenoxy) is 1. The summed E-state index contributed by atoms with van der Waals surface area (Å²) < 4.78 is 44.7. The van der Waals surface area contributed by atoms with Crippen molar-refractivity contribution in [1.82, 2.24) is 15.0 Å². The maximum Gasteiger partial charge on any atom is 0.323 e. The molecule has 0 radical (unpaired) electrons. The van der Waals surface area contributed by atoms with Crippen LogP contribution in [0.3, 0.4) is 0 Å². The number of nitrogens with one attached hydrogen (secondary N) is 1. The third-order valence-electron chi connectivity index (χ3n) is 2.23. The molecule has 0 unspecified atom stereocenters. The van der Waals surface area contributed by atoms with Crippen LogP contribution >= 0.6 is 0 Å². The first kappa shape index (κ1) is 14.8. The van der Waals surface area contributed by atoms with Crippen molar-refractivity contribution in [1.29, 1.82) is 0 Å². The van der Waals surface area contributed by atoms with Crippen LogP contribution in [-0.2, 0) is 0 Å². The zero-order valence-corrected chi connectivity index (χ0v) is 11.2. The number of aromatic nitrogens is 3. The van der Waals surface area contributed by atoms with Crippen molar-refractivity contribution < 1.29 is 17.9 Å². The second-order valence-corrected chi connectivity index (χ2v) is 4.34. The normalized spacial score (nSPS) is 10.8. The van der Waals surface area contributed by atoms with E-state index in [4.69, 9.17) is 10.5 Å². The second kappa shape index (κ2) is 5.81. The molecule has 0 aliphatic rings. The van der Waals surface area contributed by atoms with Crippen LogP contribution in [-0.4, -0.2) is 21.1 Å². The number of anilines is 3. The number of nitrogens with two attached hydrogens (primary N) is 1. The number of hydrogen-bond donors (Lipinski definition) is 2. The zero-order chi connectivity index (χ0) is 15.6. The lowest BCUT2D eigenvalue weighted by molar-refractivity contribution is 0.222. The molecule has 1 aromatic heterocycles. The summed E-state index contributed by atoms with van der Waals surface area (Å²) >= 11 is 0. The minimum atomic E-state index is -1.29. The molecule has 0 aliphatic heterocycles. The van der Waals surface area contributed by atoms with Gasteiger partial charge in [0.25, 0.3) is 0 Å². The Bertz CT molecular complexity index is 666. The molecular weight excluding hydrogens is 287 g/mol. The minimum absolute atomic E-state index is 0.0667. The van der Waals surface area contributed by atoms with Gasteiger partial charge in [0.05, 0.1) is 11.8 Å². The quantitative estimate of drug-likeness (QED) is 0.843. The van der Waals surface area contributed by atoms with Gasteiger partial charge in [-0.2, -0.15) is 15.0 Å². The summed E-state index contributed by atoms with van der Waals surface area (Å²) in [5.41, 5.74) is 5.13. The highest BCUT2D eigenvalue weighted by atomic mass is 19.2. The van der Waals surface area contributed by atoms with Crippen LogP contribution in [0.1, 0.15) is 13.8 Å². The average Bonchev–Trinajstić information content (AvgIpc) is 2.34. The molecule has 1 heterocycles. The van der Waals surface area contributed by atoms with Gasteiger partial charge in [0.2, 0.25) is 11.9 Å². The lowest BCUT2D eigenvalue weighted by atomic mass is 10.3. The number of nitrogens with zero attached hydrogens (tertiary/aromatic N) is 3. The third kappa shape index (κ3) is 3.71. The summed E-state index contributed by atoms with van der Waals surface area (Å²) in [6, 6.07) is 0.990. The molecule has 0 saturated carbocycles. The smallest absolute Gasteiger partial charge is 0.323 e. The fourth-order valence-corrected chi connectivity index (χ4v) is 1.43. The SMILES string of the molecule is CC(C)Oc1nc(N)nc(Nc2cc(F)c(F)cc2F)n1. The van der Waals surface area contributed by atoms with Crippen molar-refractivity contribution in [3.05, 3.63) is 29.6 Å². The number of halogens is 3. The van der Waals surface area contributed by atoms with E-state index < -0.39 is 17.5 Å². The Balaban J connectivity index is 2.31. The molecule has 2 rings (SSSR count). The van der Waals surface area contributed by atoms with Gasteiger partial charge in [0.15, 0.2) is 11.6 Å². The maximum atomic E-state index is 13.5. The molecule has 112 valence electrons. The molecule has 2 aromatic rings. The topological polar surface area (TPSA) is 86.0 Å². The lowest BCUT2D eigenvalue weighted by Gasteiger charge is -2.10. The monoisotopic (exact) mass is 299 g/mol. The summed E-state index contributed by atoms with van der Waals surface area (Å²) in [7, 11) is 0. The molecule has 9 heteroatoms. The highest BCUT2D eigenvalue weighted by Gasteiger charge is 2.13. The van der Waals surface area contributed by atoms with Gasteiger partial charge in [-0.1, -0.05) is 0 Å². The molecule has 0 saturated heterocycles. The molecule has 0 atom stereocenters. The summed E-state index contributed by atoms with van der Waals surface area (Å²) in [5.74, 6) is -3.81. The van der Waals surface area contributed by atoms with Crippen LogP contribution in [0.4, 0.5) is 30.8 Å². The van der Waals surface area contributed by atoms with Gasteiger partial charge in [-0.15, -0.1) is 0 Å². The Kier molecular flexibility index (Phi) is 4.10. The van der Waals surface area contributed by atoms with Crippen molar-refractivity contribution in [2.45, 2.75) is 20.0 Å². The highest BCUT2D eigenvalue weighted by molar-refractivity contribution is 5.55. The van der Waals surface area contributed by atoms with E-state index in [9.17, 15) is 13.2 Å². The van der Waals surface area contributed by atoms with Crippen LogP contribution in [0.5, 0.6) is 6.01 Å². The van der Waals surface area contributed by atoms with E-state index >= 15 is 0 Å². The number of rotatable bonds is 4. The first-order valence-electron chi connectivity index (χ1n) is 5.95. The third-order valence-corrected chi connectivity index (χ3v) is 2.23. The fraction of sp³-hybridized carbons (Fsp3) is 0.250. The number of benzene rings is 1. The van der Waals surface area contributed by atoms with Crippen LogP contribution in [0.25, 0.3) is 0 Å². The lowest BCUT2D eigenvalue weighted by Crippen LogP contribution is -2.12. The molecule has 0 spiro atoms. The van der Waals surface area contributed by atoms with Gasteiger partial charge in [-0.25, -0.2) is 13.2 Å². The molecule has 0 amide bonds. The van der Waals surface area contributed by atoms with E-state index in [1.54, 1.807) is 13.8 Å². The van der Waals surface area contributed by atoms with Crippen LogP contribution in [0.15, 0.2) is 12.1 Å². The summed E-state index contributed by atoms with van der Waals surface area (Å²) in [5, 5.41) is 2.39. The van der Waals surface area contributed by atoms with Crippen molar-refractivity contribution in [3.8, 4) is 6.01 Å². The first-order chi connectivity index (χ1) is 9.85. The van der Waals surface area contributed by atoms with E-state index in [1.165, 1.54) is 0 Å². The van der Waals surface area contributed by atoms with Gasteiger partial charge in [-0.05, 0) is 13.8 Å². The van der Waals surface area contributed by atoms with Crippen molar-refractivity contribution >= 4 is 17.6 Å². The van der Waals surface area contributed by atoms with Gasteiger partial charge in [0, 0.05) is 12.1 Å². The zero-order valence-electron chi connectivity index (χ0n) is 11.2. The molecule has 0 aliphatic carbocycles. The first-order valence-corrected chi connectivity index (χ1v) is 5.95. The number of nitrogen functional groups attached to an aromatic ring is 1. The molecule has 6 nitrogen and oxygen atoms in total. The molecule has 0 fully saturated rings. The molecule has 1 aromatic carbocycles. The van der Waals surface area contributed by atoms with Crippen molar-refractivity contribution in [3.63, 3.8) is 0 Å². The molecule has 3 N–H and O–H groups in total. The van der Waals surface area contributed by atoms with E-state index in [0.717, 1.165) is 0 Å². The Labute approximate surface area is 118 Å². The van der Waals surface area contributed by atoms with E-state index in [1.807, 2.05) is 0 Å². The predicted molar refractivity (Wildman–Crippen MR) is 69.6 cm³/mol. The van der Waals surface area contributed by atoms with Crippen LogP contribution in [0, 0.1) is 17.5 Å². The summed E-state index contributed by atoms with van der Waals surface area (Å²) in [6.07, 6.45) is -0.209. The van der Waals surface area contributed by atoms with Gasteiger partial charge in [-0.3, -0.25) is 0 Å². The molecular formula is C12H12F3N5O. The Morgan fingerprint density at radius 2 is 1.71 bits per heavy atom. The standard InChI is InChI=1S/C12H12F3N5O/c1-5(2)21-12-19-10(16)18-11(20-12)17-9-4-7(14)6(13)3-8(9)15/h3-5H,1-2H3,(H3,16,17,18,19,20). The molecule has 21 heavy (non-hydrogen) atoms. The second-order valence-electron chi connectivity index (χ2n) is 4.34. The van der Waals surface area contributed by atoms with Gasteiger partial charge >= 0.3 is 6.01 Å². The Hall–Kier alpha value is -2.58. The predicted octanol–water partition coefficient (Wildman–Crippen LogP) is 2.40. The van der Waals surface area contributed by atoms with Crippen molar-refractivity contribution in [2.24, 2.45) is 0 Å². The van der Waals surface area contributed by atoms with Crippen LogP contribution in [0.2, 0.25) is 0 Å². The Morgan fingerprint density at radius 1 is 1.05 bits per heavy atom. The van der Waals surface area contributed by atoms with Gasteiger partial charge < -0.3 is 15.8 Å². The van der Waals surface area contributed by atoms with E-state index in [0.29, 0.717) is 12.1 Å². The summed E-state index contributed by atoms with van der Waals surface area (Å²) in [4.78, 5) is 11.3. The fourth-order valence-electron chi connectivity index (χ4n) is 1.43. The minimum Gasteiger partial charge on any atom is -0.461 e.